The number of aromatic nitrogens is 3. The van der Waals surface area contributed by atoms with E-state index in [0.29, 0.717) is 24.2 Å². The maximum Gasteiger partial charge on any atom is 0.317 e. The van der Waals surface area contributed by atoms with Crippen LogP contribution in [0, 0.1) is 0 Å². The zero-order valence-electron chi connectivity index (χ0n) is 24.6. The smallest absolute Gasteiger partial charge is 0.317 e. The van der Waals surface area contributed by atoms with Crippen LogP contribution in [-0.2, 0) is 0 Å². The first-order valence-electron chi connectivity index (χ1n) is 16.0. The van der Waals surface area contributed by atoms with Crippen molar-refractivity contribution in [1.82, 2.24) is 30.3 Å². The largest absolute Gasteiger partial charge is 0.364 e. The van der Waals surface area contributed by atoms with Crippen molar-refractivity contribution in [3.05, 3.63) is 35.5 Å². The molecule has 1 unspecified atom stereocenters. The monoisotopic (exact) mass is 575 g/mol. The van der Waals surface area contributed by atoms with Gasteiger partial charge in [-0.15, -0.1) is 10.2 Å². The first-order valence-corrected chi connectivity index (χ1v) is 16.0. The van der Waals surface area contributed by atoms with Crippen molar-refractivity contribution < 1.29 is 9.59 Å². The van der Waals surface area contributed by atoms with Gasteiger partial charge in [0.05, 0.1) is 0 Å². The number of anilines is 3. The minimum absolute atomic E-state index is 0.00146. The second kappa shape index (κ2) is 13.2. The third-order valence-corrected chi connectivity index (χ3v) is 9.60. The van der Waals surface area contributed by atoms with E-state index in [0.717, 1.165) is 57.0 Å². The van der Waals surface area contributed by atoms with Crippen molar-refractivity contribution in [2.24, 2.45) is 5.73 Å². The summed E-state index contributed by atoms with van der Waals surface area (Å²) < 4.78 is 0. The summed E-state index contributed by atoms with van der Waals surface area (Å²) in [5, 5.41) is 14.9. The molecular formula is C31H45N9O2. The summed E-state index contributed by atoms with van der Waals surface area (Å²) in [5.74, 6) is 0.613. The van der Waals surface area contributed by atoms with Gasteiger partial charge in [0.15, 0.2) is 11.5 Å². The second-order valence-electron chi connectivity index (χ2n) is 12.5. The zero-order chi connectivity index (χ0) is 28.9. The number of hydrogen-bond donors (Lipinski definition) is 3. The van der Waals surface area contributed by atoms with E-state index >= 15 is 0 Å². The number of benzene rings is 1. The number of likely N-dealkylation sites (tertiary alicyclic amines) is 2. The number of urea groups is 1. The van der Waals surface area contributed by atoms with Gasteiger partial charge in [0, 0.05) is 44.0 Å². The van der Waals surface area contributed by atoms with E-state index in [-0.39, 0.29) is 17.8 Å². The Balaban J connectivity index is 1.09. The average molecular weight is 576 g/mol. The molecule has 4 aliphatic rings. The van der Waals surface area contributed by atoms with Crippen molar-refractivity contribution in [3.8, 4) is 0 Å². The van der Waals surface area contributed by atoms with Crippen LogP contribution in [0.25, 0.3) is 0 Å². The number of nitrogens with two attached hydrogens (primary N) is 1. The van der Waals surface area contributed by atoms with Gasteiger partial charge in [0.25, 0.3) is 5.91 Å². The number of hydrogen-bond acceptors (Lipinski definition) is 8. The molecule has 1 aliphatic carbocycles. The van der Waals surface area contributed by atoms with Crippen LogP contribution < -0.4 is 21.3 Å². The van der Waals surface area contributed by atoms with E-state index in [4.69, 9.17) is 5.73 Å². The molecule has 1 aromatic carbocycles. The minimum atomic E-state index is -0.681. The van der Waals surface area contributed by atoms with Crippen molar-refractivity contribution in [3.63, 3.8) is 0 Å². The molecule has 1 aromatic heterocycles. The van der Waals surface area contributed by atoms with E-state index in [1.54, 1.807) is 0 Å². The predicted octanol–water partition coefficient (Wildman–Crippen LogP) is 4.00. The van der Waals surface area contributed by atoms with E-state index in [9.17, 15) is 9.59 Å². The Bertz CT molecular complexity index is 1220. The highest BCUT2D eigenvalue weighted by Crippen LogP contribution is 2.33. The molecule has 11 nitrogen and oxygen atoms in total. The average Bonchev–Trinajstić information content (AvgIpc) is 3.57. The fourth-order valence-electron chi connectivity index (χ4n) is 7.19. The van der Waals surface area contributed by atoms with Gasteiger partial charge in [-0.25, -0.2) is 4.79 Å². The Hall–Kier alpha value is -3.47. The highest BCUT2D eigenvalue weighted by molar-refractivity contribution is 5.96. The predicted molar refractivity (Wildman–Crippen MR) is 163 cm³/mol. The molecule has 2 aromatic rings. The Labute approximate surface area is 248 Å². The Morgan fingerprint density at radius 3 is 2.26 bits per heavy atom. The second-order valence-corrected chi connectivity index (χ2v) is 12.5. The summed E-state index contributed by atoms with van der Waals surface area (Å²) >= 11 is 0. The molecule has 42 heavy (non-hydrogen) atoms. The first kappa shape index (κ1) is 28.6. The van der Waals surface area contributed by atoms with Crippen molar-refractivity contribution >= 4 is 29.4 Å². The van der Waals surface area contributed by atoms with E-state index in [1.165, 1.54) is 63.6 Å². The summed E-state index contributed by atoms with van der Waals surface area (Å²) in [6, 6.07) is 9.25. The number of nitrogens with zero attached hydrogens (tertiary/aromatic N) is 6. The van der Waals surface area contributed by atoms with Crippen molar-refractivity contribution in [2.75, 3.05) is 49.5 Å². The van der Waals surface area contributed by atoms with Crippen molar-refractivity contribution in [2.45, 2.75) is 88.6 Å². The molecule has 6 rings (SSSR count). The van der Waals surface area contributed by atoms with Crippen LogP contribution >= 0.6 is 0 Å². The van der Waals surface area contributed by atoms with Crippen LogP contribution in [0.3, 0.4) is 0 Å². The molecular weight excluding hydrogens is 530 g/mol. The molecule has 0 radical (unpaired) electrons. The summed E-state index contributed by atoms with van der Waals surface area (Å²) in [6.07, 6.45) is 13.0. The summed E-state index contributed by atoms with van der Waals surface area (Å²) in [5.41, 5.74) is 7.82. The van der Waals surface area contributed by atoms with Gasteiger partial charge in [-0.2, -0.15) is 4.98 Å². The highest BCUT2D eigenvalue weighted by Gasteiger charge is 2.29. The fraction of sp³-hybridized carbons (Fsp3) is 0.645. The number of carbonyl (C=O) groups is 2. The van der Waals surface area contributed by atoms with Gasteiger partial charge in [0.2, 0.25) is 5.95 Å². The highest BCUT2D eigenvalue weighted by atomic mass is 16.2. The number of piperidine rings is 3. The topological polar surface area (TPSA) is 133 Å². The summed E-state index contributed by atoms with van der Waals surface area (Å²) in [4.78, 5) is 36.3. The van der Waals surface area contributed by atoms with Gasteiger partial charge in [-0.05, 0) is 94.5 Å². The fourth-order valence-corrected chi connectivity index (χ4v) is 7.19. The minimum Gasteiger partial charge on any atom is -0.364 e. The Morgan fingerprint density at radius 1 is 0.810 bits per heavy atom. The maximum absolute atomic E-state index is 12.8. The number of primary amides is 1. The Morgan fingerprint density at radius 2 is 1.55 bits per heavy atom. The summed E-state index contributed by atoms with van der Waals surface area (Å²) in [6.45, 7) is 5.35. The molecule has 3 aliphatic heterocycles. The molecule has 3 amide bonds. The van der Waals surface area contributed by atoms with Crippen LogP contribution in [0.15, 0.2) is 24.3 Å². The number of amides is 3. The molecule has 3 saturated heterocycles. The third-order valence-electron chi connectivity index (χ3n) is 9.60. The molecule has 11 heteroatoms. The van der Waals surface area contributed by atoms with Gasteiger partial charge >= 0.3 is 6.03 Å². The lowest BCUT2D eigenvalue weighted by molar-refractivity contribution is 0.0995. The lowest BCUT2D eigenvalue weighted by atomic mass is 9.88. The Kier molecular flexibility index (Phi) is 9.02. The standard InChI is InChI=1S/C31H45N9O2/c32-28(41)27-29(33-24-12-10-22(11-13-24)23-14-19-38(20-15-23)26-8-2-3-9-26)35-30(37-36-27)40-18-6-7-25(21-40)34-31(42)39-16-4-1-5-17-39/h10-13,23,25-26H,1-9,14-21H2,(H2,32,41)(H,34,42)(H,33,35,37). The van der Waals surface area contributed by atoms with Crippen molar-refractivity contribution in [1.29, 1.82) is 0 Å². The SMILES string of the molecule is NC(=O)c1nnc(N2CCCC(NC(=O)N3CCCCC3)C2)nc1Nc1ccc(C2CCN(C3CCCC3)CC2)cc1. The molecule has 4 fully saturated rings. The molecule has 4 heterocycles. The van der Waals surface area contributed by atoms with Crippen LogP contribution in [0.1, 0.15) is 92.6 Å². The summed E-state index contributed by atoms with van der Waals surface area (Å²) in [7, 11) is 0. The van der Waals surface area contributed by atoms with Gasteiger partial charge in [-0.1, -0.05) is 25.0 Å². The molecule has 226 valence electrons. The van der Waals surface area contributed by atoms with E-state index in [2.05, 4.69) is 42.8 Å². The molecule has 4 N–H and O–H groups in total. The number of rotatable bonds is 7. The van der Waals surface area contributed by atoms with Crippen LogP contribution in [0.2, 0.25) is 0 Å². The van der Waals surface area contributed by atoms with E-state index in [1.807, 2.05) is 21.9 Å². The lowest BCUT2D eigenvalue weighted by Crippen LogP contribution is -2.52. The number of carbonyl (C=O) groups excluding carboxylic acids is 2. The quantitative estimate of drug-likeness (QED) is 0.451. The molecule has 1 saturated carbocycles. The van der Waals surface area contributed by atoms with E-state index < -0.39 is 5.91 Å². The first-order chi connectivity index (χ1) is 20.5. The third kappa shape index (κ3) is 6.77. The molecule has 1 atom stereocenters. The maximum atomic E-state index is 12.8. The zero-order valence-corrected chi connectivity index (χ0v) is 24.6. The van der Waals surface area contributed by atoms with Gasteiger partial charge in [-0.3, -0.25) is 4.79 Å². The normalized spacial score (nSPS) is 22.7. The van der Waals surface area contributed by atoms with Crippen LogP contribution in [-0.4, -0.2) is 88.3 Å². The molecule has 0 bridgehead atoms. The van der Waals surface area contributed by atoms with Crippen LogP contribution in [0.5, 0.6) is 0 Å². The number of nitrogens with one attached hydrogen (secondary N) is 2. The van der Waals surface area contributed by atoms with Crippen LogP contribution in [0.4, 0.5) is 22.2 Å². The van der Waals surface area contributed by atoms with Gasteiger partial charge in [0.1, 0.15) is 0 Å². The van der Waals surface area contributed by atoms with Gasteiger partial charge < -0.3 is 31.1 Å². The lowest BCUT2D eigenvalue weighted by Gasteiger charge is -2.36. The molecule has 0 spiro atoms.